The molecule has 4 aromatic rings. The molecular formula is C53H72N2O13+2. The van der Waals surface area contributed by atoms with Gasteiger partial charge in [-0.25, -0.2) is 0 Å². The molecular weight excluding hydrogens is 873 g/mol. The zero-order chi connectivity index (χ0) is 49.2. The van der Waals surface area contributed by atoms with E-state index in [-0.39, 0.29) is 43.3 Å². The predicted molar refractivity (Wildman–Crippen MR) is 258 cm³/mol. The first-order valence-electron chi connectivity index (χ1n) is 23.2. The van der Waals surface area contributed by atoms with Crippen molar-refractivity contribution >= 4 is 11.8 Å². The van der Waals surface area contributed by atoms with Crippen molar-refractivity contribution in [3.05, 3.63) is 81.9 Å². The monoisotopic (exact) mass is 945 g/mol. The third-order valence-electron chi connectivity index (χ3n) is 14.1. The number of Topliss-reactive ketones (excluding diaryl/α,β-unsaturated/α-hetero) is 1. The molecule has 370 valence electrons. The Kier molecular flexibility index (Phi) is 17.2. The van der Waals surface area contributed by atoms with Gasteiger partial charge in [0.15, 0.2) is 46.0 Å². The molecule has 6 rings (SSSR count). The van der Waals surface area contributed by atoms with E-state index in [4.69, 9.17) is 52.1 Å². The maximum Gasteiger partial charge on any atom is 0.306 e. The summed E-state index contributed by atoms with van der Waals surface area (Å²) in [6.07, 6.45) is 4.08. The Bertz CT molecular complexity index is 2380. The summed E-state index contributed by atoms with van der Waals surface area (Å²) in [5.74, 6) is 5.79. The maximum atomic E-state index is 13.4. The van der Waals surface area contributed by atoms with E-state index in [2.05, 4.69) is 38.4 Å². The van der Waals surface area contributed by atoms with Crippen LogP contribution in [0.4, 0.5) is 0 Å². The number of quaternary nitrogens is 2. The summed E-state index contributed by atoms with van der Waals surface area (Å²) in [5, 5.41) is 0. The lowest BCUT2D eigenvalue weighted by molar-refractivity contribution is -0.941. The van der Waals surface area contributed by atoms with Crippen molar-refractivity contribution in [1.82, 2.24) is 0 Å². The molecule has 2 heterocycles. The molecule has 0 spiro atoms. The molecule has 4 atom stereocenters. The van der Waals surface area contributed by atoms with Crippen LogP contribution in [0.3, 0.4) is 0 Å². The van der Waals surface area contributed by atoms with Crippen molar-refractivity contribution in [1.29, 1.82) is 0 Å². The van der Waals surface area contributed by atoms with Gasteiger partial charge in [0.25, 0.3) is 0 Å². The maximum absolute atomic E-state index is 13.4. The lowest BCUT2D eigenvalue weighted by Gasteiger charge is -2.46. The van der Waals surface area contributed by atoms with Crippen LogP contribution in [0.1, 0.15) is 77.6 Å². The van der Waals surface area contributed by atoms with Gasteiger partial charge in [-0.15, -0.1) is 0 Å². The van der Waals surface area contributed by atoms with Gasteiger partial charge in [-0.05, 0) is 59.2 Å². The third kappa shape index (κ3) is 10.8. The van der Waals surface area contributed by atoms with Crippen LogP contribution in [0.5, 0.6) is 57.5 Å². The summed E-state index contributed by atoms with van der Waals surface area (Å²) in [6.45, 7) is 3.37. The summed E-state index contributed by atoms with van der Waals surface area (Å²) < 4.78 is 64.6. The number of methoxy groups -OCH3 is 10. The highest BCUT2D eigenvalue weighted by atomic mass is 16.5. The van der Waals surface area contributed by atoms with Crippen LogP contribution < -0.4 is 47.4 Å². The van der Waals surface area contributed by atoms with Crippen LogP contribution in [0, 0.1) is 0 Å². The molecule has 0 aliphatic carbocycles. The predicted octanol–water partition coefficient (Wildman–Crippen LogP) is 7.91. The van der Waals surface area contributed by atoms with Crippen LogP contribution >= 0.6 is 0 Å². The first-order valence-corrected chi connectivity index (χ1v) is 23.2. The average molecular weight is 945 g/mol. The van der Waals surface area contributed by atoms with Crippen molar-refractivity contribution in [2.75, 3.05) is 118 Å². The first kappa shape index (κ1) is 51.3. The molecule has 0 fully saturated rings. The molecule has 0 aromatic heterocycles. The minimum atomic E-state index is -0.371. The number of hydrogen-bond acceptors (Lipinski definition) is 13. The van der Waals surface area contributed by atoms with E-state index in [0.717, 1.165) is 60.3 Å². The third-order valence-corrected chi connectivity index (χ3v) is 14.1. The highest BCUT2D eigenvalue weighted by molar-refractivity contribution is 5.82. The Labute approximate surface area is 402 Å². The van der Waals surface area contributed by atoms with Gasteiger partial charge in [-0.1, -0.05) is 6.07 Å². The minimum Gasteiger partial charge on any atom is -0.493 e. The van der Waals surface area contributed by atoms with Crippen LogP contribution in [0.25, 0.3) is 0 Å². The molecule has 2 aliphatic rings. The van der Waals surface area contributed by atoms with Crippen molar-refractivity contribution in [2.24, 2.45) is 0 Å². The van der Waals surface area contributed by atoms with E-state index in [1.54, 1.807) is 71.1 Å². The fraction of sp³-hybridized carbons (Fsp3) is 0.509. The van der Waals surface area contributed by atoms with Gasteiger partial charge in [0.1, 0.15) is 17.9 Å². The standard InChI is InChI=1S/C53H72N2O13/c1-54(24-21-36-30-47(64-9)52(66-11)53(67-12)49(36)40(54)27-34-16-18-41(58-3)42(28-34)59-4)23-14-26-68-48(57)19-17-38(56)15-13-22-55(2)25-20-35-29-43(60-5)44(61-6)33-39(35)50(55)37-31-45(62-7)51(65-10)46(32-37)63-8/h16,18,28-33,40,50H,13-15,17,19-27H2,1-12H3/q+2. The number of benzene rings is 4. The summed E-state index contributed by atoms with van der Waals surface area (Å²) in [5.41, 5.74) is 6.56. The Morgan fingerprint density at radius 1 is 0.529 bits per heavy atom. The van der Waals surface area contributed by atoms with E-state index >= 15 is 0 Å². The van der Waals surface area contributed by atoms with Crippen molar-refractivity contribution in [3.8, 4) is 57.5 Å². The van der Waals surface area contributed by atoms with Crippen LogP contribution in [-0.4, -0.2) is 139 Å². The Balaban J connectivity index is 1.09. The summed E-state index contributed by atoms with van der Waals surface area (Å²) in [7, 11) is 20.8. The SMILES string of the molecule is COc1ccc(CC2c3c(cc(OC)c(OC)c3OC)CC[N+]2(C)CCCOC(=O)CCC(=O)CCC[N+]2(C)CCc3cc(OC)c(OC)cc3C2c2cc(OC)c(OC)c(OC)c2)cc1OC. The molecule has 0 N–H and O–H groups in total. The Morgan fingerprint density at radius 3 is 1.69 bits per heavy atom. The highest BCUT2D eigenvalue weighted by Gasteiger charge is 2.44. The van der Waals surface area contributed by atoms with Crippen molar-refractivity contribution in [3.63, 3.8) is 0 Å². The number of hydrogen-bond donors (Lipinski definition) is 0. The highest BCUT2D eigenvalue weighted by Crippen LogP contribution is 2.51. The normalized spacial score (nSPS) is 19.4. The number of fused-ring (bicyclic) bond motifs is 2. The lowest BCUT2D eigenvalue weighted by atomic mass is 9.85. The molecule has 0 saturated carbocycles. The molecule has 15 heteroatoms. The Hall–Kier alpha value is -6.06. The van der Waals surface area contributed by atoms with E-state index in [0.29, 0.717) is 98.7 Å². The number of esters is 1. The first-order chi connectivity index (χ1) is 32.8. The van der Waals surface area contributed by atoms with Gasteiger partial charge >= 0.3 is 5.97 Å². The van der Waals surface area contributed by atoms with Crippen molar-refractivity contribution < 1.29 is 70.7 Å². The lowest BCUT2D eigenvalue weighted by Crippen LogP contribution is -2.52. The smallest absolute Gasteiger partial charge is 0.306 e. The molecule has 0 radical (unpaired) electrons. The zero-order valence-corrected chi connectivity index (χ0v) is 42.2. The molecule has 0 amide bonds. The van der Waals surface area contributed by atoms with E-state index in [1.165, 1.54) is 5.56 Å². The fourth-order valence-electron chi connectivity index (χ4n) is 10.4. The van der Waals surface area contributed by atoms with Gasteiger partial charge in [-0.3, -0.25) is 9.59 Å². The largest absolute Gasteiger partial charge is 0.493 e. The molecule has 68 heavy (non-hydrogen) atoms. The molecule has 4 unspecified atom stereocenters. The van der Waals surface area contributed by atoms with Gasteiger partial charge in [0.05, 0.1) is 130 Å². The van der Waals surface area contributed by atoms with Gasteiger partial charge in [0.2, 0.25) is 11.5 Å². The second-order valence-corrected chi connectivity index (χ2v) is 18.0. The van der Waals surface area contributed by atoms with Crippen LogP contribution in [-0.2, 0) is 33.6 Å². The number of rotatable bonds is 24. The molecule has 0 saturated heterocycles. The number of ketones is 1. The van der Waals surface area contributed by atoms with E-state index < -0.39 is 0 Å². The fourth-order valence-corrected chi connectivity index (χ4v) is 10.4. The molecule has 0 bridgehead atoms. The summed E-state index contributed by atoms with van der Waals surface area (Å²) in [6, 6.07) is 16.0. The van der Waals surface area contributed by atoms with Crippen LogP contribution in [0.2, 0.25) is 0 Å². The molecule has 4 aromatic carbocycles. The number of nitrogens with zero attached hydrogens (tertiary/aromatic N) is 2. The second kappa shape index (κ2) is 22.8. The number of carbonyl (C=O) groups excluding carboxylic acids is 2. The zero-order valence-electron chi connectivity index (χ0n) is 42.2. The Morgan fingerprint density at radius 2 is 1.07 bits per heavy atom. The van der Waals surface area contributed by atoms with E-state index in [1.807, 2.05) is 24.3 Å². The summed E-state index contributed by atoms with van der Waals surface area (Å²) in [4.78, 5) is 26.5. The molecule has 15 nitrogen and oxygen atoms in total. The van der Waals surface area contributed by atoms with Crippen molar-refractivity contribution in [2.45, 2.75) is 63.5 Å². The summed E-state index contributed by atoms with van der Waals surface area (Å²) >= 11 is 0. The average Bonchev–Trinajstić information content (AvgIpc) is 3.36. The van der Waals surface area contributed by atoms with Gasteiger partial charge in [-0.2, -0.15) is 0 Å². The van der Waals surface area contributed by atoms with Gasteiger partial charge < -0.3 is 61.1 Å². The number of likely N-dealkylation sites (N-methyl/N-ethyl adjacent to an activating group) is 2. The minimum absolute atomic E-state index is 0.0331. The molecule has 2 aliphatic heterocycles. The topological polar surface area (TPSA) is 136 Å². The van der Waals surface area contributed by atoms with Gasteiger partial charge in [0, 0.05) is 56.1 Å². The van der Waals surface area contributed by atoms with E-state index in [9.17, 15) is 9.59 Å². The quantitative estimate of drug-likeness (QED) is 0.0383. The van der Waals surface area contributed by atoms with Crippen LogP contribution in [0.15, 0.2) is 48.5 Å². The number of ether oxygens (including phenoxy) is 11. The number of carbonyl (C=O) groups is 2. The second-order valence-electron chi connectivity index (χ2n) is 18.0.